The maximum atomic E-state index is 12.2. The number of hydrogen-bond donors (Lipinski definition) is 0. The fourth-order valence-corrected chi connectivity index (χ4v) is 3.27. The number of nitrogens with zero attached hydrogens (tertiary/aromatic N) is 2. The van der Waals surface area contributed by atoms with Gasteiger partial charge >= 0.3 is 0 Å². The van der Waals surface area contributed by atoms with Gasteiger partial charge in [-0.25, -0.2) is 0 Å². The molecule has 0 atom stereocenters. The molecule has 0 unspecified atom stereocenters. The van der Waals surface area contributed by atoms with Gasteiger partial charge in [0.05, 0.1) is 0 Å². The topological polar surface area (TPSA) is 23.6 Å². The van der Waals surface area contributed by atoms with Crippen LogP contribution in [0.25, 0.3) is 0 Å². The first-order chi connectivity index (χ1) is 11.7. The molecule has 1 aliphatic heterocycles. The van der Waals surface area contributed by atoms with Gasteiger partial charge in [-0.15, -0.1) is 24.8 Å². The number of ketones is 1. The molecular formula is C20H25Cl3N2O. The van der Waals surface area contributed by atoms with Crippen molar-refractivity contribution in [3.05, 3.63) is 70.7 Å². The Morgan fingerprint density at radius 3 is 2.19 bits per heavy atom. The van der Waals surface area contributed by atoms with Gasteiger partial charge in [0.25, 0.3) is 0 Å². The number of halogens is 3. The summed E-state index contributed by atoms with van der Waals surface area (Å²) in [6.07, 6.45) is 0.555. The van der Waals surface area contributed by atoms with Crippen LogP contribution in [0.15, 0.2) is 54.6 Å². The van der Waals surface area contributed by atoms with Crippen molar-refractivity contribution in [1.82, 2.24) is 9.80 Å². The molecule has 0 saturated carbocycles. The number of carbonyl (C=O) groups excluding carboxylic acids is 1. The molecule has 0 spiro atoms. The van der Waals surface area contributed by atoms with Crippen LogP contribution in [-0.4, -0.2) is 48.3 Å². The molecule has 3 nitrogen and oxygen atoms in total. The Balaban J connectivity index is 0.00000169. The van der Waals surface area contributed by atoms with E-state index >= 15 is 0 Å². The van der Waals surface area contributed by atoms with Crippen molar-refractivity contribution in [3.8, 4) is 0 Å². The molecule has 0 radical (unpaired) electrons. The summed E-state index contributed by atoms with van der Waals surface area (Å²) in [5.74, 6) is 0.171. The number of carbonyl (C=O) groups is 1. The summed E-state index contributed by atoms with van der Waals surface area (Å²) in [4.78, 5) is 17.1. The summed E-state index contributed by atoms with van der Waals surface area (Å²) in [7, 11) is 0. The molecular weight excluding hydrogens is 391 g/mol. The number of piperazine rings is 1. The molecule has 1 saturated heterocycles. The van der Waals surface area contributed by atoms with Crippen LogP contribution in [-0.2, 0) is 6.54 Å². The molecule has 2 aromatic rings. The van der Waals surface area contributed by atoms with E-state index in [2.05, 4.69) is 40.1 Å². The highest BCUT2D eigenvalue weighted by molar-refractivity contribution is 6.31. The van der Waals surface area contributed by atoms with Crippen molar-refractivity contribution in [2.75, 3.05) is 32.7 Å². The van der Waals surface area contributed by atoms with E-state index in [1.54, 1.807) is 12.1 Å². The van der Waals surface area contributed by atoms with Gasteiger partial charge < -0.3 is 4.90 Å². The molecule has 1 fully saturated rings. The second-order valence-corrected chi connectivity index (χ2v) is 6.72. The first kappa shape index (κ1) is 22.9. The van der Waals surface area contributed by atoms with E-state index in [0.717, 1.165) is 39.3 Å². The van der Waals surface area contributed by atoms with Gasteiger partial charge in [0, 0.05) is 56.3 Å². The van der Waals surface area contributed by atoms with E-state index in [9.17, 15) is 4.79 Å². The lowest BCUT2D eigenvalue weighted by atomic mass is 10.1. The van der Waals surface area contributed by atoms with Crippen molar-refractivity contribution in [2.45, 2.75) is 13.0 Å². The molecule has 1 heterocycles. The maximum Gasteiger partial charge on any atom is 0.164 e. The van der Waals surface area contributed by atoms with Gasteiger partial charge in [0.1, 0.15) is 0 Å². The number of Topliss-reactive ketones (excluding diaryl/α,β-unsaturated/α-hetero) is 1. The minimum Gasteiger partial charge on any atom is -0.300 e. The molecule has 2 aromatic carbocycles. The zero-order chi connectivity index (χ0) is 16.8. The third-order valence-electron chi connectivity index (χ3n) is 4.52. The Morgan fingerprint density at radius 2 is 1.54 bits per heavy atom. The van der Waals surface area contributed by atoms with Crippen molar-refractivity contribution < 1.29 is 4.79 Å². The first-order valence-corrected chi connectivity index (χ1v) is 8.86. The van der Waals surface area contributed by atoms with Crippen molar-refractivity contribution in [1.29, 1.82) is 0 Å². The number of hydrogen-bond acceptors (Lipinski definition) is 3. The Hall–Kier alpha value is -1.10. The standard InChI is InChI=1S/C20H23ClN2O.2ClH/c21-19-8-4-7-18(15-19)20(24)9-10-22-11-13-23(14-12-22)16-17-5-2-1-3-6-17;;/h1-8,15H,9-14,16H2;2*1H. The van der Waals surface area contributed by atoms with Crippen molar-refractivity contribution >= 4 is 42.2 Å². The average Bonchev–Trinajstić information content (AvgIpc) is 2.62. The Kier molecular flexibility index (Phi) is 10.2. The van der Waals surface area contributed by atoms with Crippen LogP contribution in [0.3, 0.4) is 0 Å². The van der Waals surface area contributed by atoms with Crippen LogP contribution in [0, 0.1) is 0 Å². The van der Waals surface area contributed by atoms with E-state index in [0.29, 0.717) is 17.0 Å². The molecule has 0 aromatic heterocycles. The quantitative estimate of drug-likeness (QED) is 0.645. The Morgan fingerprint density at radius 1 is 0.885 bits per heavy atom. The summed E-state index contributed by atoms with van der Waals surface area (Å²) < 4.78 is 0. The lowest BCUT2D eigenvalue weighted by molar-refractivity contribution is 0.0922. The fourth-order valence-electron chi connectivity index (χ4n) is 3.08. The molecule has 0 amide bonds. The van der Waals surface area contributed by atoms with Crippen LogP contribution in [0.5, 0.6) is 0 Å². The highest BCUT2D eigenvalue weighted by Gasteiger charge is 2.18. The number of rotatable bonds is 6. The minimum atomic E-state index is 0. The Labute approximate surface area is 173 Å². The normalized spacial score (nSPS) is 15.0. The minimum absolute atomic E-state index is 0. The zero-order valence-corrected chi connectivity index (χ0v) is 17.0. The summed E-state index contributed by atoms with van der Waals surface area (Å²) >= 11 is 5.95. The smallest absolute Gasteiger partial charge is 0.164 e. The molecule has 26 heavy (non-hydrogen) atoms. The van der Waals surface area contributed by atoms with Crippen LogP contribution in [0.2, 0.25) is 5.02 Å². The summed E-state index contributed by atoms with van der Waals surface area (Å²) in [6.45, 7) is 5.99. The molecule has 6 heteroatoms. The Bertz CT molecular complexity index is 674. The molecule has 0 bridgehead atoms. The van der Waals surface area contributed by atoms with Gasteiger partial charge in [-0.3, -0.25) is 9.69 Å². The largest absolute Gasteiger partial charge is 0.300 e. The van der Waals surface area contributed by atoms with Crippen LogP contribution < -0.4 is 0 Å². The monoisotopic (exact) mass is 414 g/mol. The van der Waals surface area contributed by atoms with Gasteiger partial charge in [0.15, 0.2) is 5.78 Å². The van der Waals surface area contributed by atoms with Crippen molar-refractivity contribution in [3.63, 3.8) is 0 Å². The van der Waals surface area contributed by atoms with E-state index in [-0.39, 0.29) is 30.6 Å². The first-order valence-electron chi connectivity index (χ1n) is 8.48. The average molecular weight is 416 g/mol. The predicted molar refractivity (Wildman–Crippen MR) is 113 cm³/mol. The molecule has 1 aliphatic rings. The third-order valence-corrected chi connectivity index (χ3v) is 4.75. The van der Waals surface area contributed by atoms with E-state index in [1.165, 1.54) is 5.56 Å². The second-order valence-electron chi connectivity index (χ2n) is 6.29. The van der Waals surface area contributed by atoms with E-state index in [1.807, 2.05) is 12.1 Å². The third kappa shape index (κ3) is 6.90. The highest BCUT2D eigenvalue weighted by atomic mass is 35.5. The van der Waals surface area contributed by atoms with E-state index in [4.69, 9.17) is 11.6 Å². The SMILES string of the molecule is Cl.Cl.O=C(CCN1CCN(Cc2ccccc2)CC1)c1cccc(Cl)c1. The van der Waals surface area contributed by atoms with Crippen LogP contribution in [0.4, 0.5) is 0 Å². The molecule has 3 rings (SSSR count). The fraction of sp³-hybridized carbons (Fsp3) is 0.350. The second kappa shape index (κ2) is 11.6. The lowest BCUT2D eigenvalue weighted by Crippen LogP contribution is -2.46. The summed E-state index contributed by atoms with van der Waals surface area (Å²) in [5.41, 5.74) is 2.08. The highest BCUT2D eigenvalue weighted by Crippen LogP contribution is 2.13. The molecule has 0 aliphatic carbocycles. The van der Waals surface area contributed by atoms with Gasteiger partial charge in [-0.2, -0.15) is 0 Å². The van der Waals surface area contributed by atoms with Gasteiger partial charge in [-0.1, -0.05) is 54.1 Å². The zero-order valence-electron chi connectivity index (χ0n) is 14.6. The predicted octanol–water partition coefficient (Wildman–Crippen LogP) is 4.57. The molecule has 142 valence electrons. The summed E-state index contributed by atoms with van der Waals surface area (Å²) in [6, 6.07) is 17.8. The molecule has 0 N–H and O–H groups in total. The van der Waals surface area contributed by atoms with Gasteiger partial charge in [0.2, 0.25) is 0 Å². The maximum absolute atomic E-state index is 12.2. The van der Waals surface area contributed by atoms with Crippen LogP contribution >= 0.6 is 36.4 Å². The van der Waals surface area contributed by atoms with Crippen molar-refractivity contribution in [2.24, 2.45) is 0 Å². The van der Waals surface area contributed by atoms with E-state index < -0.39 is 0 Å². The number of benzene rings is 2. The summed E-state index contributed by atoms with van der Waals surface area (Å²) in [5, 5.41) is 0.621. The van der Waals surface area contributed by atoms with Gasteiger partial charge in [-0.05, 0) is 17.7 Å². The van der Waals surface area contributed by atoms with Crippen LogP contribution in [0.1, 0.15) is 22.3 Å². The lowest BCUT2D eigenvalue weighted by Gasteiger charge is -2.34.